The molecule has 0 aliphatic heterocycles. The number of pyridine rings is 1. The van der Waals surface area contributed by atoms with E-state index in [1.165, 1.54) is 11.3 Å². The summed E-state index contributed by atoms with van der Waals surface area (Å²) < 4.78 is 0. The molecule has 0 aliphatic carbocycles. The third-order valence-corrected chi connectivity index (χ3v) is 3.50. The highest BCUT2D eigenvalue weighted by Crippen LogP contribution is 2.33. The molecule has 0 radical (unpaired) electrons. The van der Waals surface area contributed by atoms with Crippen molar-refractivity contribution < 1.29 is 5.11 Å². The van der Waals surface area contributed by atoms with Crippen LogP contribution in [0, 0.1) is 0 Å². The molecule has 1 aromatic carbocycles. The van der Waals surface area contributed by atoms with Gasteiger partial charge >= 0.3 is 0 Å². The van der Waals surface area contributed by atoms with Gasteiger partial charge in [-0.1, -0.05) is 30.3 Å². The minimum atomic E-state index is -0.261. The van der Waals surface area contributed by atoms with Gasteiger partial charge in [0.05, 0.1) is 10.9 Å². The van der Waals surface area contributed by atoms with Crippen molar-refractivity contribution in [2.24, 2.45) is 0 Å². The molecule has 17 heavy (non-hydrogen) atoms. The summed E-state index contributed by atoms with van der Waals surface area (Å²) >= 11 is 1.40. The van der Waals surface area contributed by atoms with E-state index < -0.39 is 0 Å². The van der Waals surface area contributed by atoms with E-state index in [0.29, 0.717) is 15.8 Å². The molecular formula is C13H9NO2S. The number of thiophene rings is 1. The highest BCUT2D eigenvalue weighted by atomic mass is 32.1. The molecule has 84 valence electrons. The Kier molecular flexibility index (Phi) is 2.23. The first kappa shape index (κ1) is 10.1. The number of aromatic nitrogens is 1. The van der Waals surface area contributed by atoms with Crippen molar-refractivity contribution in [3.05, 3.63) is 52.1 Å². The zero-order valence-corrected chi connectivity index (χ0v) is 9.62. The van der Waals surface area contributed by atoms with Crippen molar-refractivity contribution in [2.45, 2.75) is 0 Å². The van der Waals surface area contributed by atoms with E-state index >= 15 is 0 Å². The second-order valence-corrected chi connectivity index (χ2v) is 4.62. The Balaban J connectivity index is 2.40. The van der Waals surface area contributed by atoms with Crippen LogP contribution in [-0.4, -0.2) is 10.1 Å². The normalized spacial score (nSPS) is 10.8. The molecule has 3 aromatic rings. The van der Waals surface area contributed by atoms with Gasteiger partial charge in [0.1, 0.15) is 10.6 Å². The van der Waals surface area contributed by atoms with Gasteiger partial charge < -0.3 is 10.1 Å². The highest BCUT2D eigenvalue weighted by Gasteiger charge is 2.13. The molecular weight excluding hydrogens is 234 g/mol. The maximum Gasteiger partial charge on any atom is 0.260 e. The van der Waals surface area contributed by atoms with Gasteiger partial charge in [-0.3, -0.25) is 4.79 Å². The number of benzene rings is 1. The number of hydrogen-bond acceptors (Lipinski definition) is 3. The van der Waals surface area contributed by atoms with Crippen LogP contribution in [0.4, 0.5) is 0 Å². The second-order valence-electron chi connectivity index (χ2n) is 3.71. The first-order valence-corrected chi connectivity index (χ1v) is 6.03. The van der Waals surface area contributed by atoms with Crippen LogP contribution in [0.15, 0.2) is 46.6 Å². The van der Waals surface area contributed by atoms with Gasteiger partial charge in [0, 0.05) is 0 Å². The first-order valence-electron chi connectivity index (χ1n) is 5.15. The molecule has 0 fully saturated rings. The summed E-state index contributed by atoms with van der Waals surface area (Å²) in [5, 5.41) is 12.7. The third-order valence-electron chi connectivity index (χ3n) is 2.67. The lowest BCUT2D eigenvalue weighted by Crippen LogP contribution is -2.08. The summed E-state index contributed by atoms with van der Waals surface area (Å²) in [6.45, 7) is 0. The number of rotatable bonds is 1. The van der Waals surface area contributed by atoms with Crippen molar-refractivity contribution in [1.82, 2.24) is 4.98 Å². The number of aromatic amines is 1. The van der Waals surface area contributed by atoms with Gasteiger partial charge in [0.2, 0.25) is 0 Å². The quantitative estimate of drug-likeness (QED) is 0.690. The average molecular weight is 243 g/mol. The highest BCUT2D eigenvalue weighted by molar-refractivity contribution is 7.16. The van der Waals surface area contributed by atoms with Crippen LogP contribution in [-0.2, 0) is 0 Å². The fraction of sp³-hybridized carbons (Fsp3) is 0. The van der Waals surface area contributed by atoms with E-state index in [9.17, 15) is 9.90 Å². The van der Waals surface area contributed by atoms with Crippen molar-refractivity contribution in [2.75, 3.05) is 0 Å². The largest absolute Gasteiger partial charge is 0.506 e. The molecule has 0 bridgehead atoms. The topological polar surface area (TPSA) is 53.1 Å². The SMILES string of the molecule is O=c1[nH]c2sccc2c(O)c1-c1ccccc1. The lowest BCUT2D eigenvalue weighted by Gasteiger charge is -2.04. The predicted octanol–water partition coefficient (Wildman–Crippen LogP) is 2.96. The van der Waals surface area contributed by atoms with E-state index in [4.69, 9.17) is 0 Å². The lowest BCUT2D eigenvalue weighted by atomic mass is 10.1. The van der Waals surface area contributed by atoms with Crippen LogP contribution in [0.1, 0.15) is 0 Å². The Hall–Kier alpha value is -2.07. The Bertz CT molecular complexity index is 728. The van der Waals surface area contributed by atoms with Crippen molar-refractivity contribution >= 4 is 21.6 Å². The summed E-state index contributed by atoms with van der Waals surface area (Å²) in [4.78, 5) is 15.4. The van der Waals surface area contributed by atoms with E-state index in [2.05, 4.69) is 4.98 Å². The summed E-state index contributed by atoms with van der Waals surface area (Å²) in [7, 11) is 0. The first-order chi connectivity index (χ1) is 8.27. The standard InChI is InChI=1S/C13H9NO2S/c15-11-9-6-7-17-13(9)14-12(16)10(11)8-4-2-1-3-5-8/h1-7H,(H2,14,15,16). The molecule has 3 rings (SSSR count). The number of hydrogen-bond donors (Lipinski definition) is 2. The molecule has 0 atom stereocenters. The van der Waals surface area contributed by atoms with E-state index in [0.717, 1.165) is 5.56 Å². The fourth-order valence-corrected chi connectivity index (χ4v) is 2.66. The van der Waals surface area contributed by atoms with Crippen LogP contribution in [0.2, 0.25) is 0 Å². The number of fused-ring (bicyclic) bond motifs is 1. The van der Waals surface area contributed by atoms with Gasteiger partial charge in [-0.25, -0.2) is 0 Å². The fourth-order valence-electron chi connectivity index (χ4n) is 1.87. The minimum Gasteiger partial charge on any atom is -0.506 e. The Morgan fingerprint density at radius 3 is 2.65 bits per heavy atom. The number of nitrogens with one attached hydrogen (secondary N) is 1. The van der Waals surface area contributed by atoms with E-state index in [1.54, 1.807) is 6.07 Å². The molecule has 0 saturated heterocycles. The van der Waals surface area contributed by atoms with Gasteiger partial charge in [0.25, 0.3) is 5.56 Å². The molecule has 2 aromatic heterocycles. The van der Waals surface area contributed by atoms with Crippen LogP contribution in [0.3, 0.4) is 0 Å². The van der Waals surface area contributed by atoms with Crippen LogP contribution < -0.4 is 5.56 Å². The Morgan fingerprint density at radius 1 is 1.12 bits per heavy atom. The minimum absolute atomic E-state index is 0.0520. The Labute approximate surface area is 101 Å². The second kappa shape index (κ2) is 3.75. The van der Waals surface area contributed by atoms with Crippen LogP contribution >= 0.6 is 11.3 Å². The molecule has 0 spiro atoms. The van der Waals surface area contributed by atoms with Crippen molar-refractivity contribution in [1.29, 1.82) is 0 Å². The third kappa shape index (κ3) is 1.54. The van der Waals surface area contributed by atoms with Gasteiger partial charge in [-0.15, -0.1) is 11.3 Å². The molecule has 2 N–H and O–H groups in total. The smallest absolute Gasteiger partial charge is 0.260 e. The summed E-state index contributed by atoms with van der Waals surface area (Å²) in [5.41, 5.74) is 0.791. The number of aromatic hydroxyl groups is 1. The summed E-state index contributed by atoms with van der Waals surface area (Å²) in [6, 6.07) is 11.0. The molecule has 0 aliphatic rings. The molecule has 0 saturated carbocycles. The summed E-state index contributed by atoms with van der Waals surface area (Å²) in [6.07, 6.45) is 0. The Morgan fingerprint density at radius 2 is 1.88 bits per heavy atom. The lowest BCUT2D eigenvalue weighted by molar-refractivity contribution is 0.482. The van der Waals surface area contributed by atoms with Crippen molar-refractivity contribution in [3.63, 3.8) is 0 Å². The van der Waals surface area contributed by atoms with Crippen molar-refractivity contribution in [3.8, 4) is 16.9 Å². The molecule has 0 unspecified atom stereocenters. The van der Waals surface area contributed by atoms with Gasteiger partial charge in [-0.05, 0) is 17.0 Å². The van der Waals surface area contributed by atoms with E-state index in [1.807, 2.05) is 35.7 Å². The molecule has 4 heteroatoms. The average Bonchev–Trinajstić information content (AvgIpc) is 2.78. The number of H-pyrrole nitrogens is 1. The molecule has 3 nitrogen and oxygen atoms in total. The van der Waals surface area contributed by atoms with E-state index in [-0.39, 0.29) is 11.3 Å². The monoisotopic (exact) mass is 243 g/mol. The maximum atomic E-state index is 11.9. The zero-order valence-electron chi connectivity index (χ0n) is 8.81. The zero-order chi connectivity index (χ0) is 11.8. The summed E-state index contributed by atoms with van der Waals surface area (Å²) in [5.74, 6) is 0.0520. The van der Waals surface area contributed by atoms with Crippen LogP contribution in [0.5, 0.6) is 5.75 Å². The van der Waals surface area contributed by atoms with Gasteiger partial charge in [0.15, 0.2) is 0 Å². The van der Waals surface area contributed by atoms with Gasteiger partial charge in [-0.2, -0.15) is 0 Å². The maximum absolute atomic E-state index is 11.9. The molecule has 2 heterocycles. The molecule has 0 amide bonds. The van der Waals surface area contributed by atoms with Crippen LogP contribution in [0.25, 0.3) is 21.3 Å². The predicted molar refractivity (Wildman–Crippen MR) is 69.5 cm³/mol.